The van der Waals surface area contributed by atoms with Gasteiger partial charge in [0, 0.05) is 54.6 Å². The number of rotatable bonds is 2. The van der Waals surface area contributed by atoms with Crippen molar-refractivity contribution in [2.45, 2.75) is 32.4 Å². The number of aliphatic imine (C=N–C) groups is 1. The summed E-state index contributed by atoms with van der Waals surface area (Å²) >= 11 is 6.17. The van der Waals surface area contributed by atoms with E-state index in [0.29, 0.717) is 11.9 Å². The lowest BCUT2D eigenvalue weighted by molar-refractivity contribution is 0.296. The van der Waals surface area contributed by atoms with E-state index < -0.39 is 0 Å². The standard InChI is InChI=1S/C23H27ClN6O/c1-16-14-20(31)30-21(17-6-3-2-4-7-17)26-22(27-23(30)25-16)29-12-10-28(11-13-29)19-9-5-8-18(24)15-19/h2-3,5,8-9,14-15,17,21H,4,6-7,10-13H2,1H3,(H,25,26,27)/t17-,21+/m0/s1. The lowest BCUT2D eigenvalue weighted by Crippen LogP contribution is -2.52. The minimum absolute atomic E-state index is 0.0388. The van der Waals surface area contributed by atoms with Crippen LogP contribution in [0.25, 0.3) is 0 Å². The van der Waals surface area contributed by atoms with Gasteiger partial charge in [0.2, 0.25) is 11.9 Å². The third-order valence-electron chi connectivity index (χ3n) is 6.31. The van der Waals surface area contributed by atoms with Crippen molar-refractivity contribution in [2.75, 3.05) is 36.4 Å². The second kappa shape index (κ2) is 8.38. The number of hydrogen-bond acceptors (Lipinski definition) is 6. The fourth-order valence-corrected chi connectivity index (χ4v) is 4.86. The predicted molar refractivity (Wildman–Crippen MR) is 125 cm³/mol. The molecule has 2 aliphatic heterocycles. The van der Waals surface area contributed by atoms with Gasteiger partial charge in [0.15, 0.2) is 0 Å². The van der Waals surface area contributed by atoms with Gasteiger partial charge in [0.05, 0.1) is 0 Å². The molecule has 1 saturated heterocycles. The Bertz CT molecular complexity index is 1090. The van der Waals surface area contributed by atoms with Crippen LogP contribution in [0.5, 0.6) is 0 Å². The smallest absolute Gasteiger partial charge is 0.256 e. The van der Waals surface area contributed by atoms with E-state index in [1.807, 2.05) is 25.1 Å². The quantitative estimate of drug-likeness (QED) is 0.725. The molecule has 31 heavy (non-hydrogen) atoms. The topological polar surface area (TPSA) is 65.8 Å². The summed E-state index contributed by atoms with van der Waals surface area (Å²) in [4.78, 5) is 27.1. The molecule has 0 radical (unpaired) electrons. The van der Waals surface area contributed by atoms with Gasteiger partial charge in [0.25, 0.3) is 5.56 Å². The van der Waals surface area contributed by atoms with E-state index in [4.69, 9.17) is 16.6 Å². The van der Waals surface area contributed by atoms with Gasteiger partial charge in [-0.2, -0.15) is 0 Å². The predicted octanol–water partition coefficient (Wildman–Crippen LogP) is 3.66. The molecule has 1 N–H and O–H groups in total. The van der Waals surface area contributed by atoms with E-state index in [1.165, 1.54) is 0 Å². The van der Waals surface area contributed by atoms with E-state index in [1.54, 1.807) is 10.6 Å². The Morgan fingerprint density at radius 3 is 2.65 bits per heavy atom. The van der Waals surface area contributed by atoms with Crippen LogP contribution in [0, 0.1) is 12.8 Å². The maximum Gasteiger partial charge on any atom is 0.256 e. The number of nitrogens with zero attached hydrogens (tertiary/aromatic N) is 5. The summed E-state index contributed by atoms with van der Waals surface area (Å²) in [7, 11) is 0. The molecule has 1 aliphatic carbocycles. The molecular formula is C23H27ClN6O. The van der Waals surface area contributed by atoms with Gasteiger partial charge in [0.1, 0.15) is 6.17 Å². The largest absolute Gasteiger partial charge is 0.368 e. The normalized spacial score (nSPS) is 23.2. The zero-order valence-electron chi connectivity index (χ0n) is 17.7. The van der Waals surface area contributed by atoms with Crippen LogP contribution in [0.15, 0.2) is 52.3 Å². The number of piperazine rings is 1. The van der Waals surface area contributed by atoms with Crippen molar-refractivity contribution >= 4 is 29.2 Å². The molecule has 0 amide bonds. The van der Waals surface area contributed by atoms with Crippen LogP contribution in [0.2, 0.25) is 5.02 Å². The molecule has 2 aromatic rings. The average Bonchev–Trinajstić information content (AvgIpc) is 2.79. The van der Waals surface area contributed by atoms with Crippen LogP contribution in [-0.4, -0.2) is 46.6 Å². The van der Waals surface area contributed by atoms with Crippen molar-refractivity contribution in [1.29, 1.82) is 0 Å². The molecule has 8 heteroatoms. The number of benzene rings is 1. The number of aromatic nitrogens is 2. The van der Waals surface area contributed by atoms with E-state index >= 15 is 0 Å². The molecule has 1 aromatic carbocycles. The molecule has 1 fully saturated rings. The fourth-order valence-electron chi connectivity index (χ4n) is 4.68. The molecule has 2 atom stereocenters. The van der Waals surface area contributed by atoms with Crippen LogP contribution in [0.4, 0.5) is 11.6 Å². The minimum Gasteiger partial charge on any atom is -0.368 e. The van der Waals surface area contributed by atoms with E-state index in [9.17, 15) is 4.79 Å². The maximum atomic E-state index is 12.8. The van der Waals surface area contributed by atoms with Gasteiger partial charge >= 0.3 is 0 Å². The Kier molecular flexibility index (Phi) is 5.44. The Labute approximate surface area is 187 Å². The number of anilines is 2. The highest BCUT2D eigenvalue weighted by atomic mass is 35.5. The van der Waals surface area contributed by atoms with Crippen molar-refractivity contribution in [2.24, 2.45) is 10.9 Å². The zero-order chi connectivity index (χ0) is 21.4. The molecule has 3 heterocycles. The summed E-state index contributed by atoms with van der Waals surface area (Å²) in [5.41, 5.74) is 1.83. The molecule has 162 valence electrons. The third kappa shape index (κ3) is 4.06. The number of nitrogens with one attached hydrogen (secondary N) is 1. The van der Waals surface area contributed by atoms with E-state index in [0.717, 1.165) is 67.8 Å². The lowest BCUT2D eigenvalue weighted by atomic mass is 9.91. The highest BCUT2D eigenvalue weighted by Crippen LogP contribution is 2.34. The zero-order valence-corrected chi connectivity index (χ0v) is 18.4. The highest BCUT2D eigenvalue weighted by Gasteiger charge is 2.32. The number of guanidine groups is 1. The summed E-state index contributed by atoms with van der Waals surface area (Å²) in [5, 5.41) is 4.11. The number of allylic oxidation sites excluding steroid dienone is 2. The van der Waals surface area contributed by atoms with Crippen molar-refractivity contribution in [3.05, 3.63) is 63.6 Å². The van der Waals surface area contributed by atoms with Crippen molar-refractivity contribution < 1.29 is 0 Å². The van der Waals surface area contributed by atoms with Crippen LogP contribution in [-0.2, 0) is 0 Å². The lowest BCUT2D eigenvalue weighted by Gasteiger charge is -2.40. The van der Waals surface area contributed by atoms with Crippen LogP contribution < -0.4 is 15.8 Å². The molecule has 0 saturated carbocycles. The van der Waals surface area contributed by atoms with Gasteiger partial charge in [-0.15, -0.1) is 0 Å². The molecule has 3 aliphatic rings. The molecule has 5 rings (SSSR count). The summed E-state index contributed by atoms with van der Waals surface area (Å²) < 4.78 is 1.74. The Balaban J connectivity index is 1.39. The summed E-state index contributed by atoms with van der Waals surface area (Å²) in [6.45, 7) is 5.30. The first-order valence-corrected chi connectivity index (χ1v) is 11.3. The molecular weight excluding hydrogens is 412 g/mol. The Hall–Kier alpha value is -2.80. The second-order valence-corrected chi connectivity index (χ2v) is 8.86. The van der Waals surface area contributed by atoms with Crippen molar-refractivity contribution in [1.82, 2.24) is 14.5 Å². The Morgan fingerprint density at radius 2 is 1.90 bits per heavy atom. The van der Waals surface area contributed by atoms with E-state index in [2.05, 4.69) is 38.3 Å². The Morgan fingerprint density at radius 1 is 1.10 bits per heavy atom. The number of fused-ring (bicyclic) bond motifs is 1. The van der Waals surface area contributed by atoms with Crippen LogP contribution in [0.3, 0.4) is 0 Å². The molecule has 7 nitrogen and oxygen atoms in total. The van der Waals surface area contributed by atoms with Gasteiger partial charge < -0.3 is 9.80 Å². The summed E-state index contributed by atoms with van der Waals surface area (Å²) in [6, 6.07) is 9.59. The third-order valence-corrected chi connectivity index (χ3v) is 6.54. The SMILES string of the molecule is Cc1cc(=O)n2c(n1)NC(N1CCN(c3cccc(Cl)c3)CC1)=N[C@H]2[C@H]1CC=CCC1. The van der Waals surface area contributed by atoms with Crippen molar-refractivity contribution in [3.8, 4) is 0 Å². The van der Waals surface area contributed by atoms with Gasteiger partial charge in [-0.1, -0.05) is 29.8 Å². The monoisotopic (exact) mass is 438 g/mol. The van der Waals surface area contributed by atoms with Crippen LogP contribution >= 0.6 is 11.6 Å². The maximum absolute atomic E-state index is 12.8. The van der Waals surface area contributed by atoms with Crippen molar-refractivity contribution in [3.63, 3.8) is 0 Å². The molecule has 0 unspecified atom stereocenters. The first-order valence-electron chi connectivity index (χ1n) is 10.9. The van der Waals surface area contributed by atoms with Crippen LogP contribution in [0.1, 0.15) is 31.1 Å². The summed E-state index contributed by atoms with van der Waals surface area (Å²) in [5.74, 6) is 1.73. The molecule has 0 spiro atoms. The first-order chi connectivity index (χ1) is 15.1. The summed E-state index contributed by atoms with van der Waals surface area (Å²) in [6.07, 6.45) is 7.20. The van der Waals surface area contributed by atoms with E-state index in [-0.39, 0.29) is 11.7 Å². The minimum atomic E-state index is -0.220. The second-order valence-electron chi connectivity index (χ2n) is 8.42. The molecule has 0 bridgehead atoms. The van der Waals surface area contributed by atoms with Gasteiger partial charge in [-0.3, -0.25) is 14.7 Å². The first kappa shape index (κ1) is 20.1. The van der Waals surface area contributed by atoms with Gasteiger partial charge in [-0.05, 0) is 44.4 Å². The molecule has 1 aromatic heterocycles. The average molecular weight is 439 g/mol. The number of aryl methyl sites for hydroxylation is 1. The fraction of sp³-hybridized carbons (Fsp3) is 0.435. The number of halogens is 1. The highest BCUT2D eigenvalue weighted by molar-refractivity contribution is 6.30. The number of hydrogen-bond donors (Lipinski definition) is 1. The van der Waals surface area contributed by atoms with Gasteiger partial charge in [-0.25, -0.2) is 9.98 Å².